The fraction of sp³-hybridized carbons (Fsp3) is 0.105. The molecule has 26 heavy (non-hydrogen) atoms. The molecule has 1 heterocycles. The molecule has 1 aromatic heterocycles. The molecule has 0 aliphatic rings. The Kier molecular flexibility index (Phi) is 5.60. The Morgan fingerprint density at radius 2 is 1.73 bits per heavy atom. The van der Waals surface area contributed by atoms with Crippen molar-refractivity contribution in [1.29, 1.82) is 0 Å². The van der Waals surface area contributed by atoms with Crippen LogP contribution in [0.15, 0.2) is 60.0 Å². The molecule has 0 atom stereocenters. The molecule has 2 amide bonds. The Morgan fingerprint density at radius 3 is 2.42 bits per heavy atom. The molecule has 3 aromatic rings. The van der Waals surface area contributed by atoms with Crippen molar-refractivity contribution in [2.75, 3.05) is 17.2 Å². The van der Waals surface area contributed by atoms with E-state index in [0.29, 0.717) is 23.0 Å². The monoisotopic (exact) mass is 367 g/mol. The number of hydrogen-bond acceptors (Lipinski definition) is 5. The van der Waals surface area contributed by atoms with Gasteiger partial charge in [-0.1, -0.05) is 18.2 Å². The van der Waals surface area contributed by atoms with Gasteiger partial charge in [-0.05, 0) is 43.3 Å². The van der Waals surface area contributed by atoms with Crippen molar-refractivity contribution in [2.45, 2.75) is 6.92 Å². The normalized spacial score (nSPS) is 10.2. The highest BCUT2D eigenvalue weighted by Gasteiger charge is 2.13. The van der Waals surface area contributed by atoms with Crippen LogP contribution >= 0.6 is 11.3 Å². The first-order valence-corrected chi connectivity index (χ1v) is 8.90. The summed E-state index contributed by atoms with van der Waals surface area (Å²) < 4.78 is 5.36. The Labute approximate surface area is 154 Å². The zero-order chi connectivity index (χ0) is 18.4. The van der Waals surface area contributed by atoms with Crippen LogP contribution in [-0.4, -0.2) is 23.4 Å². The lowest BCUT2D eigenvalue weighted by Crippen LogP contribution is -2.14. The number of amides is 2. The van der Waals surface area contributed by atoms with Gasteiger partial charge >= 0.3 is 0 Å². The predicted octanol–water partition coefficient (Wildman–Crippen LogP) is 4.05. The first kappa shape index (κ1) is 17.6. The van der Waals surface area contributed by atoms with Gasteiger partial charge in [0.25, 0.3) is 11.8 Å². The fourth-order valence-electron chi connectivity index (χ4n) is 2.19. The molecule has 2 N–H and O–H groups in total. The average molecular weight is 367 g/mol. The molecule has 132 valence electrons. The number of nitrogens with zero attached hydrogens (tertiary/aromatic N) is 1. The van der Waals surface area contributed by atoms with Crippen molar-refractivity contribution in [3.8, 4) is 5.75 Å². The standard InChI is InChI=1S/C19H17N3O3S/c1-2-25-15-10-8-14(9-11-15)20-18(24)16-12-26-19(21-16)22-17(23)13-6-4-3-5-7-13/h3-12H,2H2,1H3,(H,20,24)(H,21,22,23). The van der Waals surface area contributed by atoms with E-state index in [-0.39, 0.29) is 17.5 Å². The first-order valence-electron chi connectivity index (χ1n) is 8.02. The molecular weight excluding hydrogens is 350 g/mol. The minimum atomic E-state index is -0.342. The second-order valence-electron chi connectivity index (χ2n) is 5.27. The highest BCUT2D eigenvalue weighted by molar-refractivity contribution is 7.14. The lowest BCUT2D eigenvalue weighted by atomic mass is 10.2. The highest BCUT2D eigenvalue weighted by Crippen LogP contribution is 2.19. The minimum absolute atomic E-state index is 0.243. The zero-order valence-corrected chi connectivity index (χ0v) is 14.9. The topological polar surface area (TPSA) is 80.3 Å². The maximum atomic E-state index is 12.3. The van der Waals surface area contributed by atoms with Gasteiger partial charge in [0.1, 0.15) is 11.4 Å². The van der Waals surface area contributed by atoms with Crippen LogP contribution in [0.1, 0.15) is 27.8 Å². The van der Waals surface area contributed by atoms with Gasteiger partial charge in [0.15, 0.2) is 5.13 Å². The molecule has 0 saturated carbocycles. The van der Waals surface area contributed by atoms with E-state index in [9.17, 15) is 9.59 Å². The quantitative estimate of drug-likeness (QED) is 0.689. The van der Waals surface area contributed by atoms with E-state index in [1.54, 1.807) is 53.9 Å². The summed E-state index contributed by atoms with van der Waals surface area (Å²) in [5, 5.41) is 7.43. The number of anilines is 2. The van der Waals surface area contributed by atoms with Crippen molar-refractivity contribution in [3.05, 3.63) is 71.2 Å². The Morgan fingerprint density at radius 1 is 1.00 bits per heavy atom. The molecule has 0 spiro atoms. The van der Waals surface area contributed by atoms with Gasteiger partial charge in [-0.25, -0.2) is 4.98 Å². The summed E-state index contributed by atoms with van der Waals surface area (Å²) in [5.74, 6) is 0.133. The molecule has 0 unspecified atom stereocenters. The van der Waals surface area contributed by atoms with Crippen LogP contribution in [-0.2, 0) is 0 Å². The number of nitrogens with one attached hydrogen (secondary N) is 2. The molecule has 2 aromatic carbocycles. The van der Waals surface area contributed by atoms with Gasteiger partial charge in [0.05, 0.1) is 6.61 Å². The summed E-state index contributed by atoms with van der Waals surface area (Å²) in [4.78, 5) is 28.6. The summed E-state index contributed by atoms with van der Waals surface area (Å²) in [6.07, 6.45) is 0. The van der Waals surface area contributed by atoms with Crippen LogP contribution in [0.25, 0.3) is 0 Å². The van der Waals surface area contributed by atoms with E-state index in [0.717, 1.165) is 5.75 Å². The first-order chi connectivity index (χ1) is 12.7. The maximum absolute atomic E-state index is 12.3. The molecule has 0 aliphatic heterocycles. The Balaban J connectivity index is 1.61. The van der Waals surface area contributed by atoms with Crippen LogP contribution in [0.3, 0.4) is 0 Å². The van der Waals surface area contributed by atoms with Crippen molar-refractivity contribution in [3.63, 3.8) is 0 Å². The Hall–Kier alpha value is -3.19. The Bertz CT molecular complexity index is 892. The van der Waals surface area contributed by atoms with Gasteiger partial charge in [-0.2, -0.15) is 0 Å². The summed E-state index contributed by atoms with van der Waals surface area (Å²) in [7, 11) is 0. The van der Waals surface area contributed by atoms with Crippen LogP contribution in [0.2, 0.25) is 0 Å². The molecule has 0 fully saturated rings. The van der Waals surface area contributed by atoms with Crippen LogP contribution in [0.4, 0.5) is 10.8 Å². The van der Waals surface area contributed by atoms with Crippen molar-refractivity contribution in [2.24, 2.45) is 0 Å². The van der Waals surface area contributed by atoms with E-state index < -0.39 is 0 Å². The van der Waals surface area contributed by atoms with Gasteiger partial charge < -0.3 is 10.1 Å². The van der Waals surface area contributed by atoms with E-state index in [2.05, 4.69) is 15.6 Å². The van der Waals surface area contributed by atoms with Gasteiger partial charge in [0.2, 0.25) is 0 Å². The van der Waals surface area contributed by atoms with Crippen LogP contribution in [0.5, 0.6) is 5.75 Å². The van der Waals surface area contributed by atoms with Crippen LogP contribution in [0, 0.1) is 0 Å². The van der Waals surface area contributed by atoms with Crippen molar-refractivity contribution >= 4 is 34.0 Å². The lowest BCUT2D eigenvalue weighted by molar-refractivity contribution is 0.101. The number of thiazole rings is 1. The predicted molar refractivity (Wildman–Crippen MR) is 102 cm³/mol. The van der Waals surface area contributed by atoms with E-state index in [1.165, 1.54) is 11.3 Å². The number of ether oxygens (including phenoxy) is 1. The van der Waals surface area contributed by atoms with Gasteiger partial charge in [0, 0.05) is 16.6 Å². The third kappa shape index (κ3) is 4.46. The largest absolute Gasteiger partial charge is 0.494 e. The summed E-state index contributed by atoms with van der Waals surface area (Å²) in [6, 6.07) is 15.9. The van der Waals surface area contributed by atoms with Crippen molar-refractivity contribution in [1.82, 2.24) is 4.98 Å². The highest BCUT2D eigenvalue weighted by atomic mass is 32.1. The summed E-state index contributed by atoms with van der Waals surface area (Å²) in [6.45, 7) is 2.49. The van der Waals surface area contributed by atoms with E-state index in [1.807, 2.05) is 13.0 Å². The number of carbonyl (C=O) groups is 2. The molecule has 0 saturated heterocycles. The minimum Gasteiger partial charge on any atom is -0.494 e. The molecule has 0 radical (unpaired) electrons. The summed E-state index contributed by atoms with van der Waals surface area (Å²) >= 11 is 1.20. The molecule has 3 rings (SSSR count). The van der Waals surface area contributed by atoms with Crippen molar-refractivity contribution < 1.29 is 14.3 Å². The van der Waals surface area contributed by atoms with Gasteiger partial charge in [-0.3, -0.25) is 14.9 Å². The third-order valence-electron chi connectivity index (χ3n) is 3.42. The van der Waals surface area contributed by atoms with Crippen LogP contribution < -0.4 is 15.4 Å². The molecule has 0 aliphatic carbocycles. The zero-order valence-electron chi connectivity index (χ0n) is 14.1. The maximum Gasteiger partial charge on any atom is 0.275 e. The SMILES string of the molecule is CCOc1ccc(NC(=O)c2csc(NC(=O)c3ccccc3)n2)cc1. The number of carbonyl (C=O) groups excluding carboxylic acids is 2. The molecule has 7 heteroatoms. The molecular formula is C19H17N3O3S. The van der Waals surface area contributed by atoms with E-state index in [4.69, 9.17) is 4.74 Å². The molecule has 6 nitrogen and oxygen atoms in total. The summed E-state index contributed by atoms with van der Waals surface area (Å²) in [5.41, 5.74) is 1.41. The molecule has 0 bridgehead atoms. The van der Waals surface area contributed by atoms with E-state index >= 15 is 0 Å². The number of aromatic nitrogens is 1. The average Bonchev–Trinajstić information content (AvgIpc) is 3.13. The second kappa shape index (κ2) is 8.26. The number of benzene rings is 2. The second-order valence-corrected chi connectivity index (χ2v) is 6.13. The fourth-order valence-corrected chi connectivity index (χ4v) is 2.88. The number of rotatable bonds is 6. The third-order valence-corrected chi connectivity index (χ3v) is 4.17. The smallest absolute Gasteiger partial charge is 0.275 e. The lowest BCUT2D eigenvalue weighted by Gasteiger charge is -2.06. The van der Waals surface area contributed by atoms with Gasteiger partial charge in [-0.15, -0.1) is 11.3 Å². The number of hydrogen-bond donors (Lipinski definition) is 2.